The molecule has 4 aromatic heterocycles. The number of H-pyrrole nitrogens is 2. The summed E-state index contributed by atoms with van der Waals surface area (Å²) in [6.45, 7) is 0. The SMILES string of the molecule is c1cnc2c(c1)ccc1[nH]cnc12.c1cnc2c(c1)ccc1[nH]cnc12. The second-order valence-corrected chi connectivity index (χ2v) is 5.88. The summed E-state index contributed by atoms with van der Waals surface area (Å²) in [6.07, 6.45) is 6.96. The van der Waals surface area contributed by atoms with Crippen LogP contribution in [0.5, 0.6) is 0 Å². The zero-order valence-electron chi connectivity index (χ0n) is 13.7. The van der Waals surface area contributed by atoms with E-state index in [9.17, 15) is 0 Å². The molecule has 0 saturated carbocycles. The molecule has 0 radical (unpaired) electrons. The lowest BCUT2D eigenvalue weighted by Gasteiger charge is -1.95. The number of hydrogen-bond donors (Lipinski definition) is 2. The molecule has 6 aromatic rings. The molecule has 0 aliphatic heterocycles. The zero-order chi connectivity index (χ0) is 17.3. The molecule has 0 bridgehead atoms. The smallest absolute Gasteiger partial charge is 0.114 e. The fourth-order valence-electron chi connectivity index (χ4n) is 3.09. The van der Waals surface area contributed by atoms with Gasteiger partial charge >= 0.3 is 0 Å². The minimum Gasteiger partial charge on any atom is -0.345 e. The van der Waals surface area contributed by atoms with E-state index in [-0.39, 0.29) is 0 Å². The van der Waals surface area contributed by atoms with Crippen molar-refractivity contribution in [2.24, 2.45) is 0 Å². The van der Waals surface area contributed by atoms with Crippen LogP contribution in [0.25, 0.3) is 43.9 Å². The Kier molecular flexibility index (Phi) is 3.31. The number of rotatable bonds is 0. The lowest BCUT2D eigenvalue weighted by Crippen LogP contribution is -1.79. The number of benzene rings is 2. The molecule has 6 nitrogen and oxygen atoms in total. The van der Waals surface area contributed by atoms with Crippen LogP contribution in [-0.4, -0.2) is 29.9 Å². The third-order valence-corrected chi connectivity index (χ3v) is 4.32. The Morgan fingerprint density at radius 1 is 0.500 bits per heavy atom. The monoisotopic (exact) mass is 338 g/mol. The molecular formula is C20H14N6. The third kappa shape index (κ3) is 2.36. The fourth-order valence-corrected chi connectivity index (χ4v) is 3.09. The molecule has 0 unspecified atom stereocenters. The molecule has 0 aliphatic rings. The highest BCUT2D eigenvalue weighted by molar-refractivity contribution is 6.01. The van der Waals surface area contributed by atoms with Crippen molar-refractivity contribution in [1.29, 1.82) is 0 Å². The minimum atomic E-state index is 0.943. The predicted molar refractivity (Wildman–Crippen MR) is 103 cm³/mol. The van der Waals surface area contributed by atoms with Crippen molar-refractivity contribution in [3.05, 3.63) is 73.6 Å². The molecule has 6 rings (SSSR count). The van der Waals surface area contributed by atoms with E-state index >= 15 is 0 Å². The van der Waals surface area contributed by atoms with E-state index in [2.05, 4.69) is 29.9 Å². The van der Waals surface area contributed by atoms with E-state index in [0.717, 1.165) is 43.9 Å². The number of imidazole rings is 2. The van der Waals surface area contributed by atoms with Gasteiger partial charge in [-0.1, -0.05) is 24.3 Å². The summed E-state index contributed by atoms with van der Waals surface area (Å²) >= 11 is 0. The number of hydrogen-bond acceptors (Lipinski definition) is 4. The summed E-state index contributed by atoms with van der Waals surface area (Å²) in [6, 6.07) is 16.1. The molecule has 2 aromatic carbocycles. The van der Waals surface area contributed by atoms with Gasteiger partial charge in [0.1, 0.15) is 11.0 Å². The molecule has 2 N–H and O–H groups in total. The Balaban J connectivity index is 0.000000115. The highest BCUT2D eigenvalue weighted by Crippen LogP contribution is 2.20. The number of aromatic nitrogens is 6. The Hall–Kier alpha value is -3.80. The number of pyridine rings is 2. The van der Waals surface area contributed by atoms with Crippen LogP contribution in [0.4, 0.5) is 0 Å². The normalized spacial score (nSPS) is 11.1. The van der Waals surface area contributed by atoms with E-state index in [1.807, 2.05) is 48.5 Å². The molecule has 6 heteroatoms. The summed E-state index contributed by atoms with van der Waals surface area (Å²) in [5.74, 6) is 0. The van der Waals surface area contributed by atoms with Gasteiger partial charge in [-0.2, -0.15) is 0 Å². The number of fused-ring (bicyclic) bond motifs is 6. The second kappa shape index (κ2) is 5.93. The van der Waals surface area contributed by atoms with Crippen LogP contribution in [0.15, 0.2) is 73.6 Å². The summed E-state index contributed by atoms with van der Waals surface area (Å²) in [4.78, 5) is 23.2. The maximum atomic E-state index is 4.30. The average Bonchev–Trinajstić information content (AvgIpc) is 3.38. The van der Waals surface area contributed by atoms with Crippen LogP contribution in [0, 0.1) is 0 Å². The number of aromatic amines is 2. The second-order valence-electron chi connectivity index (χ2n) is 5.88. The van der Waals surface area contributed by atoms with E-state index in [1.165, 1.54) is 0 Å². The molecule has 0 atom stereocenters. The van der Waals surface area contributed by atoms with Crippen LogP contribution in [0.1, 0.15) is 0 Å². The van der Waals surface area contributed by atoms with Gasteiger partial charge < -0.3 is 9.97 Å². The van der Waals surface area contributed by atoms with Crippen LogP contribution < -0.4 is 0 Å². The molecule has 0 fully saturated rings. The molecule has 0 aliphatic carbocycles. The Morgan fingerprint density at radius 2 is 1.00 bits per heavy atom. The highest BCUT2D eigenvalue weighted by Gasteiger charge is 2.02. The van der Waals surface area contributed by atoms with E-state index in [1.54, 1.807) is 25.0 Å². The minimum absolute atomic E-state index is 0.943. The summed E-state index contributed by atoms with van der Waals surface area (Å²) in [5, 5.41) is 2.25. The summed E-state index contributed by atoms with van der Waals surface area (Å²) in [7, 11) is 0. The Bertz CT molecular complexity index is 1240. The lowest BCUT2D eigenvalue weighted by molar-refractivity contribution is 1.34. The van der Waals surface area contributed by atoms with E-state index in [0.29, 0.717) is 0 Å². The lowest BCUT2D eigenvalue weighted by atomic mass is 10.2. The fraction of sp³-hybridized carbons (Fsp3) is 0. The number of nitrogens with one attached hydrogen (secondary N) is 2. The van der Waals surface area contributed by atoms with Gasteiger partial charge in [0, 0.05) is 23.2 Å². The van der Waals surface area contributed by atoms with Crippen molar-refractivity contribution < 1.29 is 0 Å². The third-order valence-electron chi connectivity index (χ3n) is 4.32. The molecule has 0 saturated heterocycles. The van der Waals surface area contributed by atoms with Crippen molar-refractivity contribution in [3.8, 4) is 0 Å². The first-order valence-corrected chi connectivity index (χ1v) is 8.24. The molecule has 124 valence electrons. The van der Waals surface area contributed by atoms with Gasteiger partial charge in [0.2, 0.25) is 0 Å². The van der Waals surface area contributed by atoms with Gasteiger partial charge in [0.05, 0.1) is 34.7 Å². The highest BCUT2D eigenvalue weighted by atomic mass is 14.9. The van der Waals surface area contributed by atoms with Gasteiger partial charge in [-0.3, -0.25) is 9.97 Å². The maximum Gasteiger partial charge on any atom is 0.114 e. The van der Waals surface area contributed by atoms with Gasteiger partial charge in [-0.05, 0) is 24.3 Å². The standard InChI is InChI=1S/2C10H7N3/c2*1-2-7-3-4-8-10(13-6-12-8)9(7)11-5-1/h2*1-6H,(H,12,13). The molecule has 0 amide bonds. The summed E-state index contributed by atoms with van der Waals surface area (Å²) in [5.41, 5.74) is 5.87. The van der Waals surface area contributed by atoms with Crippen LogP contribution in [-0.2, 0) is 0 Å². The van der Waals surface area contributed by atoms with E-state index in [4.69, 9.17) is 0 Å². The summed E-state index contributed by atoms with van der Waals surface area (Å²) < 4.78 is 0. The molecule has 26 heavy (non-hydrogen) atoms. The van der Waals surface area contributed by atoms with Gasteiger partial charge in [0.25, 0.3) is 0 Å². The van der Waals surface area contributed by atoms with Gasteiger partial charge in [0.15, 0.2) is 0 Å². The van der Waals surface area contributed by atoms with Crippen molar-refractivity contribution in [2.75, 3.05) is 0 Å². The van der Waals surface area contributed by atoms with Gasteiger partial charge in [-0.25, -0.2) is 9.97 Å². The van der Waals surface area contributed by atoms with Crippen molar-refractivity contribution in [1.82, 2.24) is 29.9 Å². The van der Waals surface area contributed by atoms with Crippen LogP contribution in [0.2, 0.25) is 0 Å². The van der Waals surface area contributed by atoms with Crippen LogP contribution in [0.3, 0.4) is 0 Å². The first kappa shape index (κ1) is 14.5. The first-order valence-electron chi connectivity index (χ1n) is 8.24. The first-order chi connectivity index (χ1) is 12.9. The quantitative estimate of drug-likeness (QED) is 0.434. The Morgan fingerprint density at radius 3 is 1.50 bits per heavy atom. The van der Waals surface area contributed by atoms with E-state index < -0.39 is 0 Å². The predicted octanol–water partition coefficient (Wildman–Crippen LogP) is 4.22. The van der Waals surface area contributed by atoms with Crippen molar-refractivity contribution >= 4 is 43.9 Å². The Labute approximate surface area is 148 Å². The molecule has 4 heterocycles. The maximum absolute atomic E-state index is 4.30. The average molecular weight is 338 g/mol. The molecule has 0 spiro atoms. The van der Waals surface area contributed by atoms with Gasteiger partial charge in [-0.15, -0.1) is 0 Å². The topological polar surface area (TPSA) is 83.1 Å². The zero-order valence-corrected chi connectivity index (χ0v) is 13.7. The van der Waals surface area contributed by atoms with Crippen molar-refractivity contribution in [2.45, 2.75) is 0 Å². The van der Waals surface area contributed by atoms with Crippen LogP contribution >= 0.6 is 0 Å². The largest absolute Gasteiger partial charge is 0.345 e. The molecular weight excluding hydrogens is 324 g/mol. The van der Waals surface area contributed by atoms with Crippen molar-refractivity contribution in [3.63, 3.8) is 0 Å². The number of nitrogens with zero attached hydrogens (tertiary/aromatic N) is 4.